The zero-order chi connectivity index (χ0) is 16.2. The third kappa shape index (κ3) is 4.58. The van der Waals surface area contributed by atoms with Gasteiger partial charge in [-0.1, -0.05) is 6.08 Å². The number of likely N-dealkylation sites (tertiary alicyclic amines) is 1. The molecule has 1 aromatic rings. The molecule has 2 N–H and O–H groups in total. The maximum absolute atomic E-state index is 12.6. The first-order valence-corrected chi connectivity index (χ1v) is 7.53. The van der Waals surface area contributed by atoms with Crippen LogP contribution in [0.2, 0.25) is 0 Å². The summed E-state index contributed by atoms with van der Waals surface area (Å²) in [6, 6.07) is 0. The molecule has 2 heterocycles. The summed E-state index contributed by atoms with van der Waals surface area (Å²) in [7, 11) is 0. The van der Waals surface area contributed by atoms with Gasteiger partial charge in [-0.25, -0.2) is 4.98 Å². The number of halogens is 3. The van der Waals surface area contributed by atoms with Crippen molar-refractivity contribution in [3.05, 3.63) is 30.4 Å². The van der Waals surface area contributed by atoms with Crippen molar-refractivity contribution >= 4 is 0 Å². The number of allylic oxidation sites excluding steroid dienone is 1. The highest BCUT2D eigenvalue weighted by atomic mass is 19.4. The maximum Gasteiger partial charge on any atom is 0.432 e. The lowest BCUT2D eigenvalue weighted by atomic mass is 9.96. The summed E-state index contributed by atoms with van der Waals surface area (Å²) in [5.74, 6) is 0.442. The Kier molecular flexibility index (Phi) is 5.63. The van der Waals surface area contributed by atoms with E-state index in [9.17, 15) is 18.3 Å². The molecule has 4 nitrogen and oxygen atoms in total. The predicted octanol–water partition coefficient (Wildman–Crippen LogP) is 2.94. The first-order chi connectivity index (χ1) is 10.4. The molecule has 0 radical (unpaired) electrons. The predicted molar refractivity (Wildman–Crippen MR) is 77.4 cm³/mol. The molecule has 1 fully saturated rings. The molecule has 1 unspecified atom stereocenters. The highest BCUT2D eigenvalue weighted by Gasteiger charge is 2.34. The molecule has 7 heteroatoms. The molecule has 0 saturated carbocycles. The Bertz CT molecular complexity index is 479. The molecule has 1 aromatic heterocycles. The molecule has 22 heavy (non-hydrogen) atoms. The second-order valence-corrected chi connectivity index (χ2v) is 5.77. The number of aliphatic hydroxyl groups is 1. The smallest absolute Gasteiger partial charge is 0.392 e. The fourth-order valence-corrected chi connectivity index (χ4v) is 2.78. The number of imidazole rings is 1. The third-order valence-electron chi connectivity index (χ3n) is 4.05. The van der Waals surface area contributed by atoms with Gasteiger partial charge in [0.05, 0.1) is 12.3 Å². The Morgan fingerprint density at radius 2 is 2.14 bits per heavy atom. The molecule has 1 aliphatic rings. The Labute approximate surface area is 128 Å². The Balaban J connectivity index is 1.82. The molecule has 124 valence electrons. The van der Waals surface area contributed by atoms with Crippen molar-refractivity contribution in [2.75, 3.05) is 19.6 Å². The van der Waals surface area contributed by atoms with Crippen LogP contribution in [0.15, 0.2) is 18.9 Å². The summed E-state index contributed by atoms with van der Waals surface area (Å²) in [6.07, 6.45) is 0.862. The van der Waals surface area contributed by atoms with Gasteiger partial charge in [-0.2, -0.15) is 13.2 Å². The zero-order valence-electron chi connectivity index (χ0n) is 12.4. The van der Waals surface area contributed by atoms with Crippen molar-refractivity contribution in [3.63, 3.8) is 0 Å². The molecular formula is C15H22F3N3O. The molecule has 1 atom stereocenters. The van der Waals surface area contributed by atoms with Crippen molar-refractivity contribution in [1.82, 2.24) is 14.9 Å². The number of piperidine rings is 1. The largest absolute Gasteiger partial charge is 0.432 e. The molecule has 0 amide bonds. The van der Waals surface area contributed by atoms with Crippen LogP contribution in [0.1, 0.15) is 43.1 Å². The Morgan fingerprint density at radius 3 is 2.68 bits per heavy atom. The van der Waals surface area contributed by atoms with E-state index < -0.39 is 11.9 Å². The van der Waals surface area contributed by atoms with E-state index in [2.05, 4.69) is 21.4 Å². The van der Waals surface area contributed by atoms with E-state index in [0.29, 0.717) is 18.8 Å². The van der Waals surface area contributed by atoms with Crippen LogP contribution in [-0.2, 0) is 6.18 Å². The number of hydrogen-bond donors (Lipinski definition) is 2. The van der Waals surface area contributed by atoms with E-state index in [1.165, 1.54) is 0 Å². The number of nitrogens with one attached hydrogen (secondary N) is 1. The Morgan fingerprint density at radius 1 is 1.45 bits per heavy atom. The van der Waals surface area contributed by atoms with Gasteiger partial charge in [-0.15, -0.1) is 6.58 Å². The molecule has 0 spiro atoms. The third-order valence-corrected chi connectivity index (χ3v) is 4.05. The zero-order valence-corrected chi connectivity index (χ0v) is 12.4. The van der Waals surface area contributed by atoms with Gasteiger partial charge in [0.25, 0.3) is 0 Å². The van der Waals surface area contributed by atoms with Crippen molar-refractivity contribution < 1.29 is 18.3 Å². The summed E-state index contributed by atoms with van der Waals surface area (Å²) in [4.78, 5) is 8.42. The van der Waals surface area contributed by atoms with Gasteiger partial charge in [0.15, 0.2) is 0 Å². The van der Waals surface area contributed by atoms with Crippen molar-refractivity contribution in [2.45, 2.75) is 43.9 Å². The van der Waals surface area contributed by atoms with Gasteiger partial charge in [0.2, 0.25) is 0 Å². The number of rotatable bonds is 6. The van der Waals surface area contributed by atoms with E-state index in [1.54, 1.807) is 6.08 Å². The first kappa shape index (κ1) is 17.0. The molecule has 0 bridgehead atoms. The Hall–Kier alpha value is -1.34. The normalized spacial score (nSPS) is 19.3. The quantitative estimate of drug-likeness (QED) is 0.793. The number of aromatic amines is 1. The monoisotopic (exact) mass is 317 g/mol. The molecular weight excluding hydrogens is 295 g/mol. The molecule has 2 rings (SSSR count). The lowest BCUT2D eigenvalue weighted by Gasteiger charge is -2.32. The van der Waals surface area contributed by atoms with Gasteiger partial charge in [0.1, 0.15) is 11.5 Å². The van der Waals surface area contributed by atoms with Crippen molar-refractivity contribution in [1.29, 1.82) is 0 Å². The number of aromatic nitrogens is 2. The van der Waals surface area contributed by atoms with Crippen LogP contribution in [0.25, 0.3) is 0 Å². The average Bonchev–Trinajstić information content (AvgIpc) is 2.96. The van der Waals surface area contributed by atoms with Crippen LogP contribution in [0.4, 0.5) is 13.2 Å². The minimum atomic E-state index is -4.37. The minimum absolute atomic E-state index is 0.0256. The fraction of sp³-hybridized carbons (Fsp3) is 0.667. The summed E-state index contributed by atoms with van der Waals surface area (Å²) >= 11 is 0. The van der Waals surface area contributed by atoms with Crippen LogP contribution < -0.4 is 0 Å². The van der Waals surface area contributed by atoms with Gasteiger partial charge in [-0.05, 0) is 38.8 Å². The fourth-order valence-electron chi connectivity index (χ4n) is 2.78. The molecule has 0 aliphatic carbocycles. The highest BCUT2D eigenvalue weighted by Crippen LogP contribution is 2.31. The number of H-pyrrole nitrogens is 1. The minimum Gasteiger partial charge on any atom is -0.392 e. The standard InChI is InChI=1S/C15H22F3N3O/c1-2-3-4-12(22)10-21-7-5-11(6-8-21)14-19-9-13(20-14)15(16,17)18/h2,9,11-12,22H,1,3-8,10H2,(H,19,20). The SMILES string of the molecule is C=CCCC(O)CN1CCC(c2ncc(C(F)(F)F)[nH]2)CC1. The van der Waals surface area contributed by atoms with Gasteiger partial charge in [-0.3, -0.25) is 0 Å². The highest BCUT2D eigenvalue weighted by molar-refractivity contribution is 5.09. The van der Waals surface area contributed by atoms with Crippen LogP contribution in [-0.4, -0.2) is 45.7 Å². The summed E-state index contributed by atoms with van der Waals surface area (Å²) in [5.41, 5.74) is -0.787. The van der Waals surface area contributed by atoms with Crippen LogP contribution >= 0.6 is 0 Å². The second kappa shape index (κ2) is 7.28. The van der Waals surface area contributed by atoms with Crippen LogP contribution in [0.3, 0.4) is 0 Å². The van der Waals surface area contributed by atoms with E-state index in [4.69, 9.17) is 0 Å². The molecule has 0 aromatic carbocycles. The summed E-state index contributed by atoms with van der Waals surface area (Å²) < 4.78 is 37.7. The molecule has 1 saturated heterocycles. The topological polar surface area (TPSA) is 52.1 Å². The average molecular weight is 317 g/mol. The summed E-state index contributed by atoms with van der Waals surface area (Å²) in [6.45, 7) is 5.75. The first-order valence-electron chi connectivity index (χ1n) is 7.53. The van der Waals surface area contributed by atoms with Gasteiger partial charge < -0.3 is 15.0 Å². The number of aliphatic hydroxyl groups excluding tert-OH is 1. The van der Waals surface area contributed by atoms with Crippen molar-refractivity contribution in [2.24, 2.45) is 0 Å². The second-order valence-electron chi connectivity index (χ2n) is 5.77. The number of alkyl halides is 3. The number of hydrogen-bond acceptors (Lipinski definition) is 3. The van der Waals surface area contributed by atoms with Gasteiger partial charge in [0, 0.05) is 12.5 Å². The lowest BCUT2D eigenvalue weighted by Crippen LogP contribution is -2.38. The maximum atomic E-state index is 12.6. The van der Waals surface area contributed by atoms with Crippen LogP contribution in [0, 0.1) is 0 Å². The summed E-state index contributed by atoms with van der Waals surface area (Å²) in [5, 5.41) is 9.88. The van der Waals surface area contributed by atoms with Crippen LogP contribution in [0.5, 0.6) is 0 Å². The van der Waals surface area contributed by atoms with E-state index in [-0.39, 0.29) is 12.0 Å². The van der Waals surface area contributed by atoms with Gasteiger partial charge >= 0.3 is 6.18 Å². The number of β-amino-alcohol motifs (C(OH)–C–C–N with tert-alkyl or cyclic N) is 1. The van der Waals surface area contributed by atoms with E-state index in [1.807, 2.05) is 0 Å². The van der Waals surface area contributed by atoms with E-state index in [0.717, 1.165) is 38.5 Å². The van der Waals surface area contributed by atoms with Crippen molar-refractivity contribution in [3.8, 4) is 0 Å². The lowest BCUT2D eigenvalue weighted by molar-refractivity contribution is -0.141. The molecule has 1 aliphatic heterocycles. The van der Waals surface area contributed by atoms with E-state index >= 15 is 0 Å². The number of nitrogens with zero attached hydrogens (tertiary/aromatic N) is 2.